The van der Waals surface area contributed by atoms with Crippen LogP contribution in [0, 0.1) is 5.92 Å². The summed E-state index contributed by atoms with van der Waals surface area (Å²) in [7, 11) is 0. The van der Waals surface area contributed by atoms with E-state index in [0.717, 1.165) is 11.8 Å². The van der Waals surface area contributed by atoms with Crippen molar-refractivity contribution >= 4 is 40.8 Å². The Bertz CT molecular complexity index is 542. The highest BCUT2D eigenvalue weighted by Gasteiger charge is 2.35. The minimum atomic E-state index is -0.575. The monoisotopic (exact) mass is 325 g/mol. The highest BCUT2D eigenvalue weighted by Crippen LogP contribution is 2.21. The molecule has 0 saturated heterocycles. The molecule has 1 atom stereocenters. The first-order valence-corrected chi connectivity index (χ1v) is 8.13. The second-order valence-corrected chi connectivity index (χ2v) is 5.59. The Balaban J connectivity index is 2.02. The molecule has 0 aliphatic carbocycles. The van der Waals surface area contributed by atoms with Gasteiger partial charge in [-0.1, -0.05) is 11.8 Å². The fraction of sp³-hybridized carbons (Fsp3) is 0.615. The lowest BCUT2D eigenvalue weighted by Crippen LogP contribution is -2.36. The van der Waals surface area contributed by atoms with Gasteiger partial charge in [-0.2, -0.15) is 10.1 Å². The van der Waals surface area contributed by atoms with Gasteiger partial charge in [0.05, 0.1) is 18.9 Å². The molecule has 2 amide bonds. The van der Waals surface area contributed by atoms with Crippen LogP contribution in [0.5, 0.6) is 0 Å². The first-order chi connectivity index (χ1) is 10.6. The number of thioether (sulfide) groups is 1. The van der Waals surface area contributed by atoms with Gasteiger partial charge in [0.25, 0.3) is 5.91 Å². The minimum Gasteiger partial charge on any atom is -0.394 e. The lowest BCUT2D eigenvalue weighted by Gasteiger charge is -2.20. The molecule has 0 saturated carbocycles. The number of rotatable bonds is 6. The molecule has 0 spiro atoms. The largest absolute Gasteiger partial charge is 0.394 e. The number of aliphatic hydroxyl groups is 1. The van der Waals surface area contributed by atoms with E-state index in [1.807, 2.05) is 13.8 Å². The van der Waals surface area contributed by atoms with Crippen LogP contribution in [-0.2, 0) is 9.59 Å². The summed E-state index contributed by atoms with van der Waals surface area (Å²) in [4.78, 5) is 33.9. The van der Waals surface area contributed by atoms with Crippen molar-refractivity contribution < 1.29 is 14.7 Å². The van der Waals surface area contributed by atoms with Crippen LogP contribution in [-0.4, -0.2) is 76.0 Å². The zero-order valence-electron chi connectivity index (χ0n) is 12.6. The van der Waals surface area contributed by atoms with Gasteiger partial charge in [0, 0.05) is 19.3 Å². The summed E-state index contributed by atoms with van der Waals surface area (Å²) in [5, 5.41) is 14.8. The van der Waals surface area contributed by atoms with Crippen molar-refractivity contribution in [2.24, 2.45) is 21.0 Å². The molecule has 8 nitrogen and oxygen atoms in total. The van der Waals surface area contributed by atoms with E-state index < -0.39 is 5.92 Å². The number of amides is 2. The summed E-state index contributed by atoms with van der Waals surface area (Å²) < 4.78 is 0. The molecule has 0 fully saturated rings. The second kappa shape index (κ2) is 7.50. The normalized spacial score (nSPS) is 19.9. The van der Waals surface area contributed by atoms with E-state index in [4.69, 9.17) is 5.11 Å². The Kier molecular flexibility index (Phi) is 5.67. The molecule has 0 bridgehead atoms. The Morgan fingerprint density at radius 2 is 2.14 bits per heavy atom. The van der Waals surface area contributed by atoms with Gasteiger partial charge in [0.2, 0.25) is 5.91 Å². The number of amidine groups is 2. The molecule has 0 aromatic carbocycles. The van der Waals surface area contributed by atoms with Crippen molar-refractivity contribution in [3.63, 3.8) is 0 Å². The first kappa shape index (κ1) is 16.6. The summed E-state index contributed by atoms with van der Waals surface area (Å²) in [6, 6.07) is 0. The van der Waals surface area contributed by atoms with Crippen molar-refractivity contribution in [1.82, 2.24) is 9.91 Å². The predicted molar refractivity (Wildman–Crippen MR) is 86.0 cm³/mol. The van der Waals surface area contributed by atoms with E-state index in [1.54, 1.807) is 4.90 Å². The van der Waals surface area contributed by atoms with Gasteiger partial charge in [-0.25, -0.2) is 10.0 Å². The van der Waals surface area contributed by atoms with Crippen LogP contribution in [0.15, 0.2) is 15.1 Å². The number of hydrazone groups is 1. The van der Waals surface area contributed by atoms with Gasteiger partial charge in [-0.05, 0) is 13.8 Å². The van der Waals surface area contributed by atoms with E-state index >= 15 is 0 Å². The molecule has 0 radical (unpaired) electrons. The SMILES string of the molecule is CCN(CC)C(=O)CSC1=NC(=O)C2C=NN(CCO)C2=N1. The van der Waals surface area contributed by atoms with Crippen molar-refractivity contribution in [2.75, 3.05) is 32.0 Å². The summed E-state index contributed by atoms with van der Waals surface area (Å²) in [5.74, 6) is -0.272. The fourth-order valence-electron chi connectivity index (χ4n) is 2.15. The summed E-state index contributed by atoms with van der Waals surface area (Å²) in [6.07, 6.45) is 1.48. The molecule has 2 aliphatic heterocycles. The van der Waals surface area contributed by atoms with Crippen LogP contribution < -0.4 is 0 Å². The van der Waals surface area contributed by atoms with Crippen molar-refractivity contribution in [2.45, 2.75) is 13.8 Å². The van der Waals surface area contributed by atoms with E-state index in [-0.39, 0.29) is 35.9 Å². The molecule has 22 heavy (non-hydrogen) atoms. The number of nitrogens with zero attached hydrogens (tertiary/aromatic N) is 5. The van der Waals surface area contributed by atoms with Crippen LogP contribution in [0.3, 0.4) is 0 Å². The highest BCUT2D eigenvalue weighted by molar-refractivity contribution is 8.14. The molecule has 1 unspecified atom stereocenters. The molecule has 0 aromatic rings. The Morgan fingerprint density at radius 3 is 2.77 bits per heavy atom. The lowest BCUT2D eigenvalue weighted by atomic mass is 10.1. The molecule has 0 aromatic heterocycles. The second-order valence-electron chi connectivity index (χ2n) is 4.65. The average Bonchev–Trinajstić information content (AvgIpc) is 2.90. The molecular formula is C13H19N5O3S. The van der Waals surface area contributed by atoms with Gasteiger partial charge in [0.1, 0.15) is 11.8 Å². The quantitative estimate of drug-likeness (QED) is 0.729. The molecule has 2 rings (SSSR count). The molecule has 9 heteroatoms. The van der Waals surface area contributed by atoms with Crippen LogP contribution in [0.2, 0.25) is 0 Å². The summed E-state index contributed by atoms with van der Waals surface area (Å²) in [6.45, 7) is 5.32. The fourth-order valence-corrected chi connectivity index (χ4v) is 2.89. The predicted octanol–water partition coefficient (Wildman–Crippen LogP) is -0.207. The first-order valence-electron chi connectivity index (χ1n) is 7.14. The van der Waals surface area contributed by atoms with Crippen LogP contribution in [0.25, 0.3) is 0 Å². The van der Waals surface area contributed by atoms with Gasteiger partial charge in [-0.15, -0.1) is 0 Å². The van der Waals surface area contributed by atoms with Crippen LogP contribution in [0.1, 0.15) is 13.8 Å². The van der Waals surface area contributed by atoms with Gasteiger partial charge >= 0.3 is 0 Å². The Hall–Kier alpha value is -1.74. The van der Waals surface area contributed by atoms with Crippen molar-refractivity contribution in [3.05, 3.63) is 0 Å². The van der Waals surface area contributed by atoms with Gasteiger partial charge in [0.15, 0.2) is 5.17 Å². The zero-order valence-corrected chi connectivity index (χ0v) is 13.4. The topological polar surface area (TPSA) is 97.9 Å². The number of β-amino-alcohol motifs (C(OH)–C–C–N with tert-alkyl or cyclic N) is 1. The number of aliphatic hydroxyl groups excluding tert-OH is 1. The van der Waals surface area contributed by atoms with E-state index in [1.165, 1.54) is 11.2 Å². The molecule has 2 aliphatic rings. The number of fused-ring (bicyclic) bond motifs is 1. The Labute approximate surface area is 133 Å². The molecule has 2 heterocycles. The number of carbonyl (C=O) groups excluding carboxylic acids is 2. The maximum absolute atomic E-state index is 12.0. The Morgan fingerprint density at radius 1 is 1.41 bits per heavy atom. The van der Waals surface area contributed by atoms with Crippen molar-refractivity contribution in [3.8, 4) is 0 Å². The van der Waals surface area contributed by atoms with Gasteiger partial charge < -0.3 is 10.0 Å². The maximum atomic E-state index is 12.0. The number of hydrogen-bond acceptors (Lipinski definition) is 7. The van der Waals surface area contributed by atoms with E-state index in [0.29, 0.717) is 18.9 Å². The highest BCUT2D eigenvalue weighted by atomic mass is 32.2. The molecule has 1 N–H and O–H groups in total. The summed E-state index contributed by atoms with van der Waals surface area (Å²) in [5.41, 5.74) is 0. The molecule has 120 valence electrons. The van der Waals surface area contributed by atoms with E-state index in [2.05, 4.69) is 15.1 Å². The lowest BCUT2D eigenvalue weighted by molar-refractivity contribution is -0.128. The maximum Gasteiger partial charge on any atom is 0.264 e. The minimum absolute atomic E-state index is 0.0117. The zero-order chi connectivity index (χ0) is 16.1. The number of hydrogen-bond donors (Lipinski definition) is 1. The van der Waals surface area contributed by atoms with Crippen molar-refractivity contribution in [1.29, 1.82) is 0 Å². The standard InChI is InChI=1S/C13H19N5O3S/c1-3-17(4-2)10(20)8-22-13-15-11-9(12(21)16-13)7-14-18(11)5-6-19/h7,9,19H,3-6,8H2,1-2H3. The van der Waals surface area contributed by atoms with Crippen LogP contribution in [0.4, 0.5) is 0 Å². The smallest absolute Gasteiger partial charge is 0.264 e. The third-order valence-corrected chi connectivity index (χ3v) is 4.16. The third kappa shape index (κ3) is 3.53. The average molecular weight is 325 g/mol. The number of aliphatic imine (C=N–C) groups is 2. The molecular weight excluding hydrogens is 306 g/mol. The van der Waals surface area contributed by atoms with E-state index in [9.17, 15) is 9.59 Å². The third-order valence-electron chi connectivity index (χ3n) is 3.33. The summed E-state index contributed by atoms with van der Waals surface area (Å²) >= 11 is 1.14. The van der Waals surface area contributed by atoms with Crippen LogP contribution >= 0.6 is 11.8 Å². The number of carbonyl (C=O) groups is 2. The van der Waals surface area contributed by atoms with Gasteiger partial charge in [-0.3, -0.25) is 9.59 Å².